The lowest BCUT2D eigenvalue weighted by atomic mass is 10.1. The summed E-state index contributed by atoms with van der Waals surface area (Å²) in [4.78, 5) is 34.7. The normalized spacial score (nSPS) is 16.7. The highest BCUT2D eigenvalue weighted by Crippen LogP contribution is 2.31. The van der Waals surface area contributed by atoms with Crippen LogP contribution >= 0.6 is 11.3 Å². The first-order valence-electron chi connectivity index (χ1n) is 9.41. The molecule has 3 aromatic heterocycles. The van der Waals surface area contributed by atoms with Gasteiger partial charge in [-0.1, -0.05) is 5.16 Å². The molecule has 0 radical (unpaired) electrons. The highest BCUT2D eigenvalue weighted by molar-refractivity contribution is 7.17. The van der Waals surface area contributed by atoms with Crippen LogP contribution in [0.5, 0.6) is 0 Å². The summed E-state index contributed by atoms with van der Waals surface area (Å²) in [6.07, 6.45) is -1.70. The Morgan fingerprint density at radius 3 is 2.84 bits per heavy atom. The predicted molar refractivity (Wildman–Crippen MR) is 105 cm³/mol. The number of alkyl halides is 3. The van der Waals surface area contributed by atoms with Crippen molar-refractivity contribution in [1.29, 1.82) is 0 Å². The minimum absolute atomic E-state index is 0.137. The minimum atomic E-state index is -4.75. The van der Waals surface area contributed by atoms with Crippen LogP contribution in [0.3, 0.4) is 0 Å². The maximum atomic E-state index is 12.8. The first-order chi connectivity index (χ1) is 15.3. The van der Waals surface area contributed by atoms with Crippen molar-refractivity contribution in [2.24, 2.45) is 0 Å². The molecular weight excluding hydrogens is 451 g/mol. The van der Waals surface area contributed by atoms with E-state index in [-0.39, 0.29) is 40.7 Å². The summed E-state index contributed by atoms with van der Waals surface area (Å²) < 4.78 is 47.5. The Morgan fingerprint density at radius 1 is 1.28 bits per heavy atom. The number of amides is 2. The molecule has 0 bridgehead atoms. The number of hydrogen-bond donors (Lipinski definition) is 1. The summed E-state index contributed by atoms with van der Waals surface area (Å²) in [6.45, 7) is 1.15. The molecule has 1 saturated heterocycles. The average molecular weight is 467 g/mol. The van der Waals surface area contributed by atoms with Crippen molar-refractivity contribution in [3.63, 3.8) is 0 Å². The molecule has 1 atom stereocenters. The van der Waals surface area contributed by atoms with Crippen LogP contribution in [0.1, 0.15) is 25.9 Å². The fraction of sp³-hybridized carbons (Fsp3) is 0.316. The molecule has 3 aromatic rings. The fourth-order valence-electron chi connectivity index (χ4n) is 3.06. The van der Waals surface area contributed by atoms with Gasteiger partial charge in [0.15, 0.2) is 0 Å². The van der Waals surface area contributed by atoms with Gasteiger partial charge in [0.2, 0.25) is 5.82 Å². The predicted octanol–water partition coefficient (Wildman–Crippen LogP) is 2.48. The molecule has 9 nitrogen and oxygen atoms in total. The maximum absolute atomic E-state index is 12.8. The van der Waals surface area contributed by atoms with Gasteiger partial charge in [0.1, 0.15) is 0 Å². The largest absolute Gasteiger partial charge is 0.471 e. The van der Waals surface area contributed by atoms with Crippen LogP contribution in [0.25, 0.3) is 10.7 Å². The summed E-state index contributed by atoms with van der Waals surface area (Å²) in [5, 5.41) is 6.05. The molecule has 1 aliphatic heterocycles. The van der Waals surface area contributed by atoms with Gasteiger partial charge >= 0.3 is 12.1 Å². The number of pyridine rings is 1. The third kappa shape index (κ3) is 4.78. The van der Waals surface area contributed by atoms with Gasteiger partial charge in [0.25, 0.3) is 11.8 Å². The van der Waals surface area contributed by atoms with E-state index in [1.54, 1.807) is 23.2 Å². The number of rotatable bonds is 5. The van der Waals surface area contributed by atoms with Crippen molar-refractivity contribution in [3.8, 4) is 10.7 Å². The smallest absolute Gasteiger partial charge is 0.377 e. The van der Waals surface area contributed by atoms with Crippen molar-refractivity contribution in [2.75, 3.05) is 26.3 Å². The maximum Gasteiger partial charge on any atom is 0.471 e. The van der Waals surface area contributed by atoms with Crippen molar-refractivity contribution in [2.45, 2.75) is 12.2 Å². The molecule has 13 heteroatoms. The van der Waals surface area contributed by atoms with Gasteiger partial charge in [-0.15, -0.1) is 11.3 Å². The van der Waals surface area contributed by atoms with Gasteiger partial charge in [-0.25, -0.2) is 0 Å². The molecule has 32 heavy (non-hydrogen) atoms. The molecule has 168 valence electrons. The molecule has 1 aliphatic rings. The molecule has 0 saturated carbocycles. The second-order valence-corrected chi connectivity index (χ2v) is 7.85. The summed E-state index contributed by atoms with van der Waals surface area (Å²) in [7, 11) is 0. The van der Waals surface area contributed by atoms with E-state index in [4.69, 9.17) is 4.74 Å². The quantitative estimate of drug-likeness (QED) is 0.614. The van der Waals surface area contributed by atoms with Crippen LogP contribution in [-0.2, 0) is 10.9 Å². The summed E-state index contributed by atoms with van der Waals surface area (Å²) in [6, 6.07) is 5.84. The van der Waals surface area contributed by atoms with E-state index < -0.39 is 18.0 Å². The van der Waals surface area contributed by atoms with Crippen molar-refractivity contribution in [1.82, 2.24) is 25.3 Å². The minimum Gasteiger partial charge on any atom is -0.377 e. The third-order valence-corrected chi connectivity index (χ3v) is 5.69. The molecule has 4 rings (SSSR count). The van der Waals surface area contributed by atoms with Crippen molar-refractivity contribution < 1.29 is 32.0 Å². The third-order valence-electron chi connectivity index (χ3n) is 4.61. The summed E-state index contributed by atoms with van der Waals surface area (Å²) in [5.74, 6) is -2.37. The number of ether oxygens (including phenoxy) is 1. The standard InChI is InChI=1S/C19H16F3N5O4S/c20-19(21,22)18-25-15(26-31-18)13-3-4-14(32-13)16(28)24-9-12-10-30-7-6-27(12)17(29)11-2-1-5-23-8-11/h1-5,8,12H,6-7,9-10H2,(H,24,28). The Morgan fingerprint density at radius 2 is 2.12 bits per heavy atom. The van der Waals surface area contributed by atoms with Crippen LogP contribution in [0.2, 0.25) is 0 Å². The van der Waals surface area contributed by atoms with Gasteiger partial charge in [0, 0.05) is 25.5 Å². The van der Waals surface area contributed by atoms with Crippen LogP contribution in [0.15, 0.2) is 41.2 Å². The number of halogens is 3. The Hall–Kier alpha value is -3.32. The molecular formula is C19H16F3N5O4S. The van der Waals surface area contributed by atoms with Crippen molar-refractivity contribution >= 4 is 23.2 Å². The highest BCUT2D eigenvalue weighted by atomic mass is 32.1. The van der Waals surface area contributed by atoms with Crippen molar-refractivity contribution in [3.05, 3.63) is 53.0 Å². The SMILES string of the molecule is O=C(NCC1COCCN1C(=O)c1cccnc1)c1ccc(-c2noc(C(F)(F)F)n2)s1. The van der Waals surface area contributed by atoms with E-state index in [2.05, 4.69) is 25.0 Å². The molecule has 1 fully saturated rings. The number of carbonyl (C=O) groups excluding carboxylic acids is 2. The van der Waals surface area contributed by atoms with E-state index in [9.17, 15) is 22.8 Å². The number of aromatic nitrogens is 3. The zero-order chi connectivity index (χ0) is 22.7. The molecule has 1 N–H and O–H groups in total. The van der Waals surface area contributed by atoms with Crippen LogP contribution in [-0.4, -0.2) is 64.2 Å². The van der Waals surface area contributed by atoms with Gasteiger partial charge < -0.3 is 19.5 Å². The summed E-state index contributed by atoms with van der Waals surface area (Å²) in [5.41, 5.74) is 0.437. The average Bonchev–Trinajstić information content (AvgIpc) is 3.47. The number of thiophene rings is 1. The molecule has 1 unspecified atom stereocenters. The van der Waals surface area contributed by atoms with E-state index in [1.165, 1.54) is 18.3 Å². The van der Waals surface area contributed by atoms with Gasteiger partial charge in [-0.2, -0.15) is 18.2 Å². The lowest BCUT2D eigenvalue weighted by Gasteiger charge is -2.35. The Bertz CT molecular complexity index is 1100. The van der Waals surface area contributed by atoms with Crippen LogP contribution in [0.4, 0.5) is 13.2 Å². The Balaban J connectivity index is 1.40. The Kier molecular flexibility index (Phi) is 6.19. The molecule has 2 amide bonds. The topological polar surface area (TPSA) is 110 Å². The molecule has 0 aromatic carbocycles. The molecule has 4 heterocycles. The Labute approximate surface area is 183 Å². The molecule has 0 spiro atoms. The van der Waals surface area contributed by atoms with Crippen LogP contribution in [0, 0.1) is 0 Å². The van der Waals surface area contributed by atoms with Gasteiger partial charge in [0.05, 0.1) is 34.6 Å². The number of carbonyl (C=O) groups is 2. The first kappa shape index (κ1) is 21.9. The number of hydrogen-bond acceptors (Lipinski definition) is 8. The van der Waals surface area contributed by atoms with Gasteiger partial charge in [-0.05, 0) is 24.3 Å². The number of nitrogens with one attached hydrogen (secondary N) is 1. The number of morpholine rings is 1. The fourth-order valence-corrected chi connectivity index (χ4v) is 3.91. The lowest BCUT2D eigenvalue weighted by molar-refractivity contribution is -0.159. The second-order valence-electron chi connectivity index (χ2n) is 6.76. The first-order valence-corrected chi connectivity index (χ1v) is 10.2. The lowest BCUT2D eigenvalue weighted by Crippen LogP contribution is -2.53. The monoisotopic (exact) mass is 467 g/mol. The van der Waals surface area contributed by atoms with E-state index in [1.807, 2.05) is 0 Å². The van der Waals surface area contributed by atoms with E-state index in [0.717, 1.165) is 11.3 Å². The van der Waals surface area contributed by atoms with Crippen LogP contribution < -0.4 is 5.32 Å². The zero-order valence-electron chi connectivity index (χ0n) is 16.3. The number of nitrogens with zero attached hydrogens (tertiary/aromatic N) is 4. The molecule has 0 aliphatic carbocycles. The van der Waals surface area contributed by atoms with E-state index >= 15 is 0 Å². The van der Waals surface area contributed by atoms with E-state index in [0.29, 0.717) is 18.7 Å². The summed E-state index contributed by atoms with van der Waals surface area (Å²) >= 11 is 0.924. The highest BCUT2D eigenvalue weighted by Gasteiger charge is 2.38. The zero-order valence-corrected chi connectivity index (χ0v) is 17.2. The second kappa shape index (κ2) is 9.04. The van der Waals surface area contributed by atoms with Gasteiger partial charge in [-0.3, -0.25) is 14.6 Å².